The van der Waals surface area contributed by atoms with Gasteiger partial charge < -0.3 is 20.5 Å². The lowest BCUT2D eigenvalue weighted by Crippen LogP contribution is -2.35. The third-order valence-corrected chi connectivity index (χ3v) is 6.57. The van der Waals surface area contributed by atoms with Gasteiger partial charge in [-0.25, -0.2) is 4.98 Å². The Morgan fingerprint density at radius 3 is 2.96 bits per heavy atom. The van der Waals surface area contributed by atoms with Crippen LogP contribution in [0.15, 0.2) is 6.20 Å². The predicted molar refractivity (Wildman–Crippen MR) is 108 cm³/mol. The van der Waals surface area contributed by atoms with Crippen molar-refractivity contribution in [1.82, 2.24) is 15.6 Å². The van der Waals surface area contributed by atoms with E-state index in [0.717, 1.165) is 25.7 Å². The minimum Gasteiger partial charge on any atom is -0.467 e. The summed E-state index contributed by atoms with van der Waals surface area (Å²) in [4.78, 5) is 29.0. The first kappa shape index (κ1) is 21.2. The van der Waals surface area contributed by atoms with E-state index in [9.17, 15) is 14.7 Å². The third kappa shape index (κ3) is 5.52. The van der Waals surface area contributed by atoms with Crippen molar-refractivity contribution >= 4 is 23.0 Å². The van der Waals surface area contributed by atoms with E-state index >= 15 is 0 Å². The van der Waals surface area contributed by atoms with Crippen LogP contribution < -0.4 is 15.4 Å². The highest BCUT2D eigenvalue weighted by Gasteiger charge is 2.45. The molecule has 0 saturated heterocycles. The van der Waals surface area contributed by atoms with Crippen LogP contribution in [-0.2, 0) is 4.79 Å². The molecule has 1 aromatic heterocycles. The van der Waals surface area contributed by atoms with Crippen molar-refractivity contribution in [1.29, 1.82) is 0 Å². The molecule has 4 atom stereocenters. The molecule has 2 saturated carbocycles. The molecule has 2 aliphatic carbocycles. The summed E-state index contributed by atoms with van der Waals surface area (Å²) in [6.45, 7) is 5.16. The number of nitrogens with one attached hydrogen (secondary N) is 2. The summed E-state index contributed by atoms with van der Waals surface area (Å²) < 4.78 is 5.46. The Bertz CT molecular complexity index is 678. The summed E-state index contributed by atoms with van der Waals surface area (Å²) in [5.74, 6) is 1.40. The molecular formula is C20H31N3O4S. The zero-order valence-corrected chi connectivity index (χ0v) is 17.5. The lowest BCUT2D eigenvalue weighted by Gasteiger charge is -2.20. The second kappa shape index (κ2) is 9.80. The molecule has 2 fully saturated rings. The molecule has 0 spiro atoms. The van der Waals surface area contributed by atoms with Crippen LogP contribution in [0.5, 0.6) is 5.19 Å². The van der Waals surface area contributed by atoms with E-state index in [-0.39, 0.29) is 18.4 Å². The largest absolute Gasteiger partial charge is 0.467 e. The number of aliphatic hydroxyl groups is 1. The number of aliphatic hydroxyl groups excluding tert-OH is 1. The van der Waals surface area contributed by atoms with Crippen LogP contribution in [0.25, 0.3) is 0 Å². The number of nitrogens with zero attached hydrogens (tertiary/aromatic N) is 1. The fraction of sp³-hybridized carbons (Fsp3) is 0.750. The quantitative estimate of drug-likeness (QED) is 0.484. The molecule has 4 unspecified atom stereocenters. The van der Waals surface area contributed by atoms with Gasteiger partial charge in [-0.2, -0.15) is 0 Å². The molecule has 1 heterocycles. The predicted octanol–water partition coefficient (Wildman–Crippen LogP) is 2.01. The molecule has 8 heteroatoms. The molecule has 1 aromatic rings. The standard InChI is InChI=1S/C20H31N3O4S/c1-12(2)22-9-15(24)11-27-20-23-10-17(28-20)19(26)21-7-3-4-16-13-5-6-14(8-13)18(16)25/h10,12-16,22,24H,3-9,11H2,1-2H3,(H,21,26). The van der Waals surface area contributed by atoms with Crippen molar-refractivity contribution in [2.45, 2.75) is 58.1 Å². The number of fused-ring (bicyclic) bond motifs is 2. The average Bonchev–Trinajstić information content (AvgIpc) is 3.39. The lowest BCUT2D eigenvalue weighted by molar-refractivity contribution is -0.125. The zero-order chi connectivity index (χ0) is 20.1. The molecular weight excluding hydrogens is 378 g/mol. The van der Waals surface area contributed by atoms with Gasteiger partial charge >= 0.3 is 0 Å². The first-order chi connectivity index (χ1) is 13.4. The number of ketones is 1. The average molecular weight is 410 g/mol. The number of hydrogen-bond donors (Lipinski definition) is 3. The summed E-state index contributed by atoms with van der Waals surface area (Å²) in [5, 5.41) is 16.3. The molecule has 2 aliphatic rings. The molecule has 156 valence electrons. The molecule has 0 aromatic carbocycles. The number of ether oxygens (including phenoxy) is 1. The normalized spacial score (nSPS) is 24.7. The van der Waals surface area contributed by atoms with Crippen LogP contribution in [0.4, 0.5) is 0 Å². The van der Waals surface area contributed by atoms with E-state index in [0.29, 0.717) is 46.8 Å². The van der Waals surface area contributed by atoms with Gasteiger partial charge in [-0.1, -0.05) is 25.2 Å². The number of Topliss-reactive ketones (excluding diaryl/α,β-unsaturated/α-hetero) is 1. The van der Waals surface area contributed by atoms with Crippen molar-refractivity contribution < 1.29 is 19.4 Å². The van der Waals surface area contributed by atoms with E-state index in [1.165, 1.54) is 24.0 Å². The van der Waals surface area contributed by atoms with Gasteiger partial charge in [-0.05, 0) is 38.0 Å². The lowest BCUT2D eigenvalue weighted by atomic mass is 9.84. The van der Waals surface area contributed by atoms with Crippen molar-refractivity contribution in [2.75, 3.05) is 19.7 Å². The minimum absolute atomic E-state index is 0.131. The zero-order valence-electron chi connectivity index (χ0n) is 16.6. The highest BCUT2D eigenvalue weighted by Crippen LogP contribution is 2.47. The second-order valence-electron chi connectivity index (χ2n) is 8.20. The monoisotopic (exact) mass is 409 g/mol. The number of rotatable bonds is 11. The van der Waals surface area contributed by atoms with Crippen LogP contribution in [-0.4, -0.2) is 53.6 Å². The van der Waals surface area contributed by atoms with E-state index in [1.54, 1.807) is 0 Å². The van der Waals surface area contributed by atoms with Gasteiger partial charge in [0.05, 0.1) is 6.20 Å². The van der Waals surface area contributed by atoms with Gasteiger partial charge in [0, 0.05) is 31.0 Å². The topological polar surface area (TPSA) is 101 Å². The number of carbonyl (C=O) groups excluding carboxylic acids is 2. The fourth-order valence-electron chi connectivity index (χ4n) is 4.19. The number of hydrogen-bond acceptors (Lipinski definition) is 7. The van der Waals surface area contributed by atoms with Crippen LogP contribution >= 0.6 is 11.3 Å². The van der Waals surface area contributed by atoms with Crippen LogP contribution in [0, 0.1) is 17.8 Å². The van der Waals surface area contributed by atoms with Gasteiger partial charge in [0.2, 0.25) is 0 Å². The van der Waals surface area contributed by atoms with Crippen LogP contribution in [0.1, 0.15) is 55.6 Å². The van der Waals surface area contributed by atoms with Gasteiger partial charge in [-0.3, -0.25) is 9.59 Å². The molecule has 1 amide bonds. The summed E-state index contributed by atoms with van der Waals surface area (Å²) in [7, 11) is 0. The second-order valence-corrected chi connectivity index (χ2v) is 9.19. The van der Waals surface area contributed by atoms with Gasteiger partial charge in [0.25, 0.3) is 11.1 Å². The number of amides is 1. The van der Waals surface area contributed by atoms with Gasteiger partial charge in [0.1, 0.15) is 23.4 Å². The highest BCUT2D eigenvalue weighted by atomic mass is 32.1. The molecule has 2 bridgehead atoms. The van der Waals surface area contributed by atoms with Crippen molar-refractivity contribution in [3.05, 3.63) is 11.1 Å². The van der Waals surface area contributed by atoms with E-state index in [4.69, 9.17) is 4.74 Å². The van der Waals surface area contributed by atoms with Gasteiger partial charge in [0.15, 0.2) is 0 Å². The van der Waals surface area contributed by atoms with Crippen LogP contribution in [0.3, 0.4) is 0 Å². The smallest absolute Gasteiger partial charge is 0.273 e. The van der Waals surface area contributed by atoms with E-state index < -0.39 is 6.10 Å². The Balaban J connectivity index is 1.33. The first-order valence-corrected chi connectivity index (χ1v) is 11.1. The summed E-state index contributed by atoms with van der Waals surface area (Å²) in [6.07, 6.45) is 5.92. The Morgan fingerprint density at radius 1 is 1.43 bits per heavy atom. The third-order valence-electron chi connectivity index (χ3n) is 5.66. The number of carbonyl (C=O) groups is 2. The maximum absolute atomic E-state index is 12.2. The molecule has 28 heavy (non-hydrogen) atoms. The number of thiazole rings is 1. The maximum atomic E-state index is 12.2. The number of aromatic nitrogens is 1. The van der Waals surface area contributed by atoms with E-state index in [1.807, 2.05) is 13.8 Å². The Kier molecular flexibility index (Phi) is 7.42. The molecule has 0 radical (unpaired) electrons. The van der Waals surface area contributed by atoms with Crippen molar-refractivity contribution in [2.24, 2.45) is 17.8 Å². The van der Waals surface area contributed by atoms with Crippen molar-refractivity contribution in [3.63, 3.8) is 0 Å². The molecule has 3 rings (SSSR count). The van der Waals surface area contributed by atoms with Crippen molar-refractivity contribution in [3.8, 4) is 5.19 Å². The molecule has 3 N–H and O–H groups in total. The summed E-state index contributed by atoms with van der Waals surface area (Å²) >= 11 is 1.17. The fourth-order valence-corrected chi connectivity index (χ4v) is 4.88. The molecule has 7 nitrogen and oxygen atoms in total. The van der Waals surface area contributed by atoms with Gasteiger partial charge in [-0.15, -0.1) is 0 Å². The Morgan fingerprint density at radius 2 is 2.25 bits per heavy atom. The molecule has 0 aliphatic heterocycles. The van der Waals surface area contributed by atoms with E-state index in [2.05, 4.69) is 15.6 Å². The Hall–Kier alpha value is -1.51. The summed E-state index contributed by atoms with van der Waals surface area (Å²) in [5.41, 5.74) is 0. The minimum atomic E-state index is -0.628. The van der Waals surface area contributed by atoms with Crippen LogP contribution in [0.2, 0.25) is 0 Å². The highest BCUT2D eigenvalue weighted by molar-refractivity contribution is 7.15. The Labute approximate surface area is 170 Å². The maximum Gasteiger partial charge on any atom is 0.273 e. The summed E-state index contributed by atoms with van der Waals surface area (Å²) in [6, 6.07) is 0.298. The first-order valence-electron chi connectivity index (χ1n) is 10.3. The SMILES string of the molecule is CC(C)NCC(O)COc1ncc(C(=O)NCCCC2C(=O)C3CCC2C3)s1.